The van der Waals surface area contributed by atoms with Gasteiger partial charge in [0, 0.05) is 5.56 Å². The zero-order valence-corrected chi connectivity index (χ0v) is 8.65. The average molecular weight is 188 g/mol. The van der Waals surface area contributed by atoms with Crippen LogP contribution in [-0.4, -0.2) is 24.1 Å². The van der Waals surface area contributed by atoms with Crippen LogP contribution in [0.5, 0.6) is 0 Å². The van der Waals surface area contributed by atoms with Crippen molar-refractivity contribution < 1.29 is 4.48 Å². The molecule has 2 aliphatic rings. The molecular weight excluding hydrogens is 170 g/mol. The summed E-state index contributed by atoms with van der Waals surface area (Å²) >= 11 is 0. The Morgan fingerprint density at radius 3 is 2.36 bits per heavy atom. The molecule has 2 aliphatic heterocycles. The Morgan fingerprint density at radius 2 is 1.64 bits per heavy atom. The van der Waals surface area contributed by atoms with Gasteiger partial charge in [0.1, 0.15) is 6.54 Å². The maximum absolute atomic E-state index is 2.30. The van der Waals surface area contributed by atoms with Gasteiger partial charge in [-0.1, -0.05) is 30.3 Å². The molecule has 0 N–H and O–H groups in total. The largest absolute Gasteiger partial charge is 0.307 e. The van der Waals surface area contributed by atoms with E-state index in [9.17, 15) is 0 Å². The van der Waals surface area contributed by atoms with Gasteiger partial charge in [0.25, 0.3) is 0 Å². The van der Waals surface area contributed by atoms with Gasteiger partial charge in [-0.15, -0.1) is 0 Å². The fraction of sp³-hybridized carbons (Fsp3) is 0.538. The zero-order chi connectivity index (χ0) is 9.43. The Bertz CT molecular complexity index is 311. The molecule has 1 aromatic carbocycles. The van der Waals surface area contributed by atoms with Crippen LogP contribution in [0.2, 0.25) is 0 Å². The molecule has 0 saturated carbocycles. The molecule has 0 amide bonds. The van der Waals surface area contributed by atoms with E-state index in [1.165, 1.54) is 43.4 Å². The summed E-state index contributed by atoms with van der Waals surface area (Å²) in [6.07, 6.45) is 4.36. The quantitative estimate of drug-likeness (QED) is 0.469. The number of rotatable bonds is 1. The van der Waals surface area contributed by atoms with Crippen molar-refractivity contribution in [2.45, 2.75) is 25.3 Å². The molecule has 1 aromatic rings. The van der Waals surface area contributed by atoms with E-state index in [4.69, 9.17) is 0 Å². The Labute approximate surface area is 85.9 Å². The molecule has 1 spiro atoms. The van der Waals surface area contributed by atoms with Crippen LogP contribution >= 0.6 is 0 Å². The van der Waals surface area contributed by atoms with Crippen molar-refractivity contribution in [3.05, 3.63) is 35.9 Å². The highest BCUT2D eigenvalue weighted by molar-refractivity contribution is 5.20. The number of hydrogen-bond acceptors (Lipinski definition) is 0. The van der Waals surface area contributed by atoms with Crippen LogP contribution in [0.25, 0.3) is 0 Å². The predicted octanol–water partition coefficient (Wildman–Crippen LogP) is 2.74. The first kappa shape index (κ1) is 8.49. The second-order valence-corrected chi connectivity index (χ2v) is 4.84. The van der Waals surface area contributed by atoms with Gasteiger partial charge in [0.15, 0.2) is 6.04 Å². The molecule has 1 nitrogen and oxygen atoms in total. The molecule has 0 radical (unpaired) electrons. The SMILES string of the molecule is c1ccc(C2C[N+]23CCCCC3)cc1. The lowest BCUT2D eigenvalue weighted by molar-refractivity contribution is -0.822. The van der Waals surface area contributed by atoms with Crippen LogP contribution in [0.1, 0.15) is 30.9 Å². The summed E-state index contributed by atoms with van der Waals surface area (Å²) in [5.74, 6) is 0. The normalized spacial score (nSPS) is 29.0. The number of nitrogens with zero attached hydrogens (tertiary/aromatic N) is 1. The molecule has 0 bridgehead atoms. The minimum Gasteiger partial charge on any atom is -0.307 e. The molecule has 2 saturated heterocycles. The van der Waals surface area contributed by atoms with Crippen molar-refractivity contribution in [2.75, 3.05) is 19.6 Å². The van der Waals surface area contributed by atoms with Gasteiger partial charge >= 0.3 is 0 Å². The first-order chi connectivity index (χ1) is 6.91. The standard InChI is InChI=1S/C13H18N/c1-3-7-12(8-4-1)13-11-14(13)9-5-2-6-10-14/h1,3-4,7-8,13H,2,5-6,9-11H2/q+1. The summed E-state index contributed by atoms with van der Waals surface area (Å²) in [6.45, 7) is 4.27. The Balaban J connectivity index is 1.78. The van der Waals surface area contributed by atoms with Gasteiger partial charge in [-0.3, -0.25) is 0 Å². The number of quaternary nitrogens is 1. The highest BCUT2D eigenvalue weighted by Gasteiger charge is 2.55. The third-order valence-corrected chi connectivity index (χ3v) is 3.96. The molecule has 74 valence electrons. The monoisotopic (exact) mass is 188 g/mol. The van der Waals surface area contributed by atoms with E-state index in [0.29, 0.717) is 0 Å². The van der Waals surface area contributed by atoms with Crippen molar-refractivity contribution in [2.24, 2.45) is 0 Å². The third-order valence-electron chi connectivity index (χ3n) is 3.96. The molecular formula is C13H18N+. The average Bonchev–Trinajstić information content (AvgIpc) is 2.95. The van der Waals surface area contributed by atoms with Crippen LogP contribution in [0.3, 0.4) is 0 Å². The van der Waals surface area contributed by atoms with Crippen molar-refractivity contribution >= 4 is 0 Å². The fourth-order valence-electron chi connectivity index (χ4n) is 3.03. The minimum atomic E-state index is 0.844. The highest BCUT2D eigenvalue weighted by atomic mass is 15.5. The predicted molar refractivity (Wildman–Crippen MR) is 57.9 cm³/mol. The van der Waals surface area contributed by atoms with Crippen LogP contribution in [0.15, 0.2) is 30.3 Å². The molecule has 1 unspecified atom stereocenters. The number of piperidine rings is 1. The van der Waals surface area contributed by atoms with Gasteiger partial charge < -0.3 is 4.48 Å². The molecule has 2 heterocycles. The van der Waals surface area contributed by atoms with Crippen LogP contribution < -0.4 is 0 Å². The summed E-state index contributed by atoms with van der Waals surface area (Å²) in [5, 5.41) is 0. The van der Waals surface area contributed by atoms with Gasteiger partial charge in [-0.2, -0.15) is 0 Å². The zero-order valence-electron chi connectivity index (χ0n) is 8.65. The van der Waals surface area contributed by atoms with Crippen molar-refractivity contribution in [1.29, 1.82) is 0 Å². The van der Waals surface area contributed by atoms with E-state index in [1.807, 2.05) is 0 Å². The van der Waals surface area contributed by atoms with Crippen molar-refractivity contribution in [1.82, 2.24) is 0 Å². The summed E-state index contributed by atoms with van der Waals surface area (Å²) in [5.41, 5.74) is 1.56. The Kier molecular flexibility index (Phi) is 1.88. The highest BCUT2D eigenvalue weighted by Crippen LogP contribution is 2.46. The van der Waals surface area contributed by atoms with Gasteiger partial charge in [0.2, 0.25) is 0 Å². The summed E-state index contributed by atoms with van der Waals surface area (Å²) in [6, 6.07) is 11.9. The summed E-state index contributed by atoms with van der Waals surface area (Å²) in [7, 11) is 0. The molecule has 2 fully saturated rings. The van der Waals surface area contributed by atoms with E-state index >= 15 is 0 Å². The smallest absolute Gasteiger partial charge is 0.164 e. The van der Waals surface area contributed by atoms with E-state index in [2.05, 4.69) is 30.3 Å². The molecule has 0 aromatic heterocycles. The first-order valence-corrected chi connectivity index (χ1v) is 5.81. The molecule has 3 rings (SSSR count). The van der Waals surface area contributed by atoms with Crippen molar-refractivity contribution in [3.63, 3.8) is 0 Å². The molecule has 0 aliphatic carbocycles. The topological polar surface area (TPSA) is 0 Å². The lowest BCUT2D eigenvalue weighted by Crippen LogP contribution is -2.32. The first-order valence-electron chi connectivity index (χ1n) is 5.81. The lowest BCUT2D eigenvalue weighted by atomic mass is 10.1. The van der Waals surface area contributed by atoms with Crippen LogP contribution in [0, 0.1) is 0 Å². The van der Waals surface area contributed by atoms with E-state index in [1.54, 1.807) is 5.56 Å². The lowest BCUT2D eigenvalue weighted by Gasteiger charge is -2.25. The summed E-state index contributed by atoms with van der Waals surface area (Å²) in [4.78, 5) is 0. The van der Waals surface area contributed by atoms with Gasteiger partial charge in [-0.25, -0.2) is 0 Å². The van der Waals surface area contributed by atoms with Crippen LogP contribution in [0.4, 0.5) is 0 Å². The van der Waals surface area contributed by atoms with E-state index in [-0.39, 0.29) is 0 Å². The molecule has 1 heteroatoms. The maximum Gasteiger partial charge on any atom is 0.164 e. The minimum absolute atomic E-state index is 0.844. The Morgan fingerprint density at radius 1 is 0.929 bits per heavy atom. The number of hydrogen-bond donors (Lipinski definition) is 0. The number of benzene rings is 1. The van der Waals surface area contributed by atoms with E-state index in [0.717, 1.165) is 6.04 Å². The van der Waals surface area contributed by atoms with E-state index < -0.39 is 0 Å². The third kappa shape index (κ3) is 1.27. The molecule has 14 heavy (non-hydrogen) atoms. The Hall–Kier alpha value is -0.820. The summed E-state index contributed by atoms with van der Waals surface area (Å²) < 4.78 is 1.41. The van der Waals surface area contributed by atoms with Gasteiger partial charge in [-0.05, 0) is 19.3 Å². The molecule has 1 atom stereocenters. The maximum atomic E-state index is 2.30. The fourth-order valence-corrected chi connectivity index (χ4v) is 3.03. The second kappa shape index (κ2) is 3.09. The van der Waals surface area contributed by atoms with Crippen molar-refractivity contribution in [3.8, 4) is 0 Å². The van der Waals surface area contributed by atoms with Gasteiger partial charge in [0.05, 0.1) is 13.1 Å². The second-order valence-electron chi connectivity index (χ2n) is 4.84. The van der Waals surface area contributed by atoms with Crippen LogP contribution in [-0.2, 0) is 0 Å².